The van der Waals surface area contributed by atoms with E-state index in [0.717, 1.165) is 32.7 Å². The van der Waals surface area contributed by atoms with Crippen molar-refractivity contribution in [3.05, 3.63) is 90.5 Å². The van der Waals surface area contributed by atoms with Crippen LogP contribution in [0.25, 0.3) is 43.4 Å². The Morgan fingerprint density at radius 3 is 1.54 bits per heavy atom. The molecule has 5 aromatic rings. The third-order valence-corrected chi connectivity index (χ3v) is 5.64. The van der Waals surface area contributed by atoms with Crippen molar-refractivity contribution in [2.45, 2.75) is 6.92 Å². The molecule has 0 atom stereocenters. The van der Waals surface area contributed by atoms with Crippen LogP contribution in [-0.2, 0) is 0 Å². The van der Waals surface area contributed by atoms with Gasteiger partial charge in [-0.2, -0.15) is 0 Å². The van der Waals surface area contributed by atoms with Crippen molar-refractivity contribution in [1.82, 2.24) is 0 Å². The first-order chi connectivity index (χ1) is 13.7. The smallest absolute Gasteiger partial charge is 0.423 e. The average Bonchev–Trinajstić information content (AvgIpc) is 2.72. The standard InChI is InChI=1S/C25H19BO2/c1-16-14-15-21(18-9-3-2-8-17(16)18)24-19-10-4-6-12-22(19)25(26(27)28)23-13-7-5-11-20(23)24/h2-15,27-28H,1H3. The highest BCUT2D eigenvalue weighted by Gasteiger charge is 2.22. The van der Waals surface area contributed by atoms with E-state index in [1.807, 2.05) is 36.4 Å². The Balaban J connectivity index is 2.05. The third-order valence-electron chi connectivity index (χ3n) is 5.64. The first-order valence-corrected chi connectivity index (χ1v) is 9.45. The molecule has 0 aliphatic heterocycles. The minimum absolute atomic E-state index is 0.561. The van der Waals surface area contributed by atoms with E-state index in [2.05, 4.69) is 55.5 Å². The topological polar surface area (TPSA) is 40.5 Å². The van der Waals surface area contributed by atoms with Crippen molar-refractivity contribution in [3.8, 4) is 11.1 Å². The van der Waals surface area contributed by atoms with Crippen molar-refractivity contribution < 1.29 is 10.0 Å². The van der Waals surface area contributed by atoms with Crippen LogP contribution in [0.5, 0.6) is 0 Å². The quantitative estimate of drug-likeness (QED) is 0.350. The van der Waals surface area contributed by atoms with Gasteiger partial charge in [0.25, 0.3) is 0 Å². The molecule has 0 unspecified atom stereocenters. The molecule has 0 amide bonds. The highest BCUT2D eigenvalue weighted by atomic mass is 16.4. The van der Waals surface area contributed by atoms with Crippen LogP contribution in [0.15, 0.2) is 84.9 Å². The molecule has 0 radical (unpaired) electrons. The van der Waals surface area contributed by atoms with Crippen molar-refractivity contribution in [2.75, 3.05) is 0 Å². The first kappa shape index (κ1) is 17.0. The molecule has 2 N–H and O–H groups in total. The SMILES string of the molecule is Cc1ccc(-c2c3ccccc3c(B(O)O)c3ccccc23)c2ccccc12. The molecule has 0 bridgehead atoms. The minimum atomic E-state index is -1.53. The molecule has 0 aromatic heterocycles. The minimum Gasteiger partial charge on any atom is -0.423 e. The molecule has 0 fully saturated rings. The largest absolute Gasteiger partial charge is 0.489 e. The zero-order valence-electron chi connectivity index (χ0n) is 15.6. The summed E-state index contributed by atoms with van der Waals surface area (Å²) in [6, 6.07) is 28.8. The summed E-state index contributed by atoms with van der Waals surface area (Å²) in [5.41, 5.74) is 4.10. The summed E-state index contributed by atoms with van der Waals surface area (Å²) in [5.74, 6) is 0. The maximum Gasteiger partial charge on any atom is 0.489 e. The summed E-state index contributed by atoms with van der Waals surface area (Å²) in [6.07, 6.45) is 0. The number of benzene rings is 5. The van der Waals surface area contributed by atoms with Gasteiger partial charge < -0.3 is 10.0 Å². The third kappa shape index (κ3) is 2.44. The summed E-state index contributed by atoms with van der Waals surface area (Å²) in [6.45, 7) is 2.13. The van der Waals surface area contributed by atoms with Gasteiger partial charge in [-0.25, -0.2) is 0 Å². The van der Waals surface area contributed by atoms with Crippen LogP contribution < -0.4 is 5.46 Å². The highest BCUT2D eigenvalue weighted by molar-refractivity contribution is 6.66. The number of aryl methyl sites for hydroxylation is 1. The van der Waals surface area contributed by atoms with Gasteiger partial charge in [-0.05, 0) is 61.4 Å². The molecule has 2 nitrogen and oxygen atoms in total. The van der Waals surface area contributed by atoms with Gasteiger partial charge in [0.15, 0.2) is 0 Å². The highest BCUT2D eigenvalue weighted by Crippen LogP contribution is 2.39. The van der Waals surface area contributed by atoms with Gasteiger partial charge >= 0.3 is 7.12 Å². The second kappa shape index (κ2) is 6.48. The molecule has 5 aromatic carbocycles. The predicted molar refractivity (Wildman–Crippen MR) is 119 cm³/mol. The number of rotatable bonds is 2. The van der Waals surface area contributed by atoms with Gasteiger partial charge in [-0.3, -0.25) is 0 Å². The lowest BCUT2D eigenvalue weighted by molar-refractivity contribution is 0.426. The number of hydrogen-bond donors (Lipinski definition) is 2. The Morgan fingerprint density at radius 1 is 0.536 bits per heavy atom. The molecule has 5 rings (SSSR count). The lowest BCUT2D eigenvalue weighted by Gasteiger charge is -2.18. The molecule has 0 saturated heterocycles. The number of fused-ring (bicyclic) bond motifs is 3. The Labute approximate surface area is 163 Å². The Kier molecular flexibility index (Phi) is 3.94. The van der Waals surface area contributed by atoms with Gasteiger partial charge in [-0.1, -0.05) is 84.9 Å². The average molecular weight is 362 g/mol. The zero-order valence-corrected chi connectivity index (χ0v) is 15.6. The Hall–Kier alpha value is -3.14. The molecule has 0 spiro atoms. The van der Waals surface area contributed by atoms with Crippen LogP contribution in [0.3, 0.4) is 0 Å². The molecule has 3 heteroatoms. The van der Waals surface area contributed by atoms with E-state index in [9.17, 15) is 10.0 Å². The molecular weight excluding hydrogens is 343 g/mol. The van der Waals surface area contributed by atoms with E-state index < -0.39 is 7.12 Å². The van der Waals surface area contributed by atoms with Crippen LogP contribution >= 0.6 is 0 Å². The van der Waals surface area contributed by atoms with E-state index in [1.54, 1.807) is 0 Å². The van der Waals surface area contributed by atoms with Crippen molar-refractivity contribution in [2.24, 2.45) is 0 Å². The fourth-order valence-electron chi connectivity index (χ4n) is 4.40. The molecular formula is C25H19BO2. The maximum atomic E-state index is 10.1. The van der Waals surface area contributed by atoms with Gasteiger partial charge in [-0.15, -0.1) is 0 Å². The fraction of sp³-hybridized carbons (Fsp3) is 0.0400. The van der Waals surface area contributed by atoms with Gasteiger partial charge in [0.2, 0.25) is 0 Å². The van der Waals surface area contributed by atoms with Gasteiger partial charge in [0, 0.05) is 0 Å². The molecule has 0 aliphatic carbocycles. The molecule has 28 heavy (non-hydrogen) atoms. The first-order valence-electron chi connectivity index (χ1n) is 9.45. The monoisotopic (exact) mass is 362 g/mol. The van der Waals surface area contributed by atoms with Gasteiger partial charge in [0.05, 0.1) is 0 Å². The lowest BCUT2D eigenvalue weighted by atomic mass is 9.72. The van der Waals surface area contributed by atoms with Crippen LogP contribution in [0.4, 0.5) is 0 Å². The van der Waals surface area contributed by atoms with Crippen molar-refractivity contribution in [3.63, 3.8) is 0 Å². The van der Waals surface area contributed by atoms with Crippen LogP contribution in [-0.4, -0.2) is 17.2 Å². The summed E-state index contributed by atoms with van der Waals surface area (Å²) in [4.78, 5) is 0. The van der Waals surface area contributed by atoms with Crippen LogP contribution in [0.1, 0.15) is 5.56 Å². The van der Waals surface area contributed by atoms with E-state index in [0.29, 0.717) is 5.46 Å². The molecule has 0 heterocycles. The van der Waals surface area contributed by atoms with E-state index in [4.69, 9.17) is 0 Å². The van der Waals surface area contributed by atoms with Gasteiger partial charge in [0.1, 0.15) is 0 Å². The zero-order chi connectivity index (χ0) is 19.3. The maximum absolute atomic E-state index is 10.1. The van der Waals surface area contributed by atoms with Crippen molar-refractivity contribution >= 4 is 44.9 Å². The molecule has 0 aliphatic rings. The predicted octanol–water partition coefficient (Wildman–Crippen LogP) is 4.80. The van der Waals surface area contributed by atoms with E-state index >= 15 is 0 Å². The summed E-state index contributed by atoms with van der Waals surface area (Å²) in [7, 11) is -1.53. The summed E-state index contributed by atoms with van der Waals surface area (Å²) < 4.78 is 0. The fourth-order valence-corrected chi connectivity index (χ4v) is 4.40. The number of hydrogen-bond acceptors (Lipinski definition) is 2. The van der Waals surface area contributed by atoms with Crippen molar-refractivity contribution in [1.29, 1.82) is 0 Å². The second-order valence-corrected chi connectivity index (χ2v) is 7.23. The van der Waals surface area contributed by atoms with Crippen LogP contribution in [0, 0.1) is 6.92 Å². The van der Waals surface area contributed by atoms with Crippen LogP contribution in [0.2, 0.25) is 0 Å². The van der Waals surface area contributed by atoms with E-state index in [1.165, 1.54) is 16.3 Å². The molecule has 134 valence electrons. The van der Waals surface area contributed by atoms with E-state index in [-0.39, 0.29) is 0 Å². The normalized spacial score (nSPS) is 11.4. The Bertz CT molecular complexity index is 1300. The molecule has 0 saturated carbocycles. The summed E-state index contributed by atoms with van der Waals surface area (Å²) in [5, 5.41) is 26.5. The lowest BCUT2D eigenvalue weighted by Crippen LogP contribution is -2.31. The summed E-state index contributed by atoms with van der Waals surface area (Å²) >= 11 is 0. The second-order valence-electron chi connectivity index (χ2n) is 7.23. The Morgan fingerprint density at radius 2 is 1.00 bits per heavy atom.